The molecule has 2 rings (SSSR count). The highest BCUT2D eigenvalue weighted by Gasteiger charge is 2.35. The molecular weight excluding hydrogens is 349 g/mol. The van der Waals surface area contributed by atoms with Crippen LogP contribution in [0.4, 0.5) is 13.2 Å². The molecule has 0 saturated heterocycles. The molecule has 0 unspecified atom stereocenters. The number of carbonyl (C=O) groups excluding carboxylic acids is 3. The first-order valence-corrected chi connectivity index (χ1v) is 7.10. The van der Waals surface area contributed by atoms with Crippen LogP contribution in [0.5, 0.6) is 0 Å². The van der Waals surface area contributed by atoms with E-state index < -0.39 is 35.1 Å². The van der Waals surface area contributed by atoms with E-state index in [0.29, 0.717) is 6.07 Å². The Hall–Kier alpha value is -2.75. The third kappa shape index (κ3) is 3.77. The molecule has 0 saturated carbocycles. The Morgan fingerprint density at radius 1 is 1.12 bits per heavy atom. The molecule has 0 bridgehead atoms. The maximum atomic E-state index is 12.9. The van der Waals surface area contributed by atoms with Gasteiger partial charge >= 0.3 is 12.1 Å². The van der Waals surface area contributed by atoms with E-state index in [9.17, 15) is 27.6 Å². The predicted molar refractivity (Wildman–Crippen MR) is 76.7 cm³/mol. The molecule has 0 atom stereocenters. The van der Waals surface area contributed by atoms with E-state index in [1.54, 1.807) is 0 Å². The lowest BCUT2D eigenvalue weighted by molar-refractivity contribution is -0.138. The number of ether oxygens (including phenoxy) is 1. The van der Waals surface area contributed by atoms with E-state index in [0.717, 1.165) is 30.8 Å². The second kappa shape index (κ2) is 6.79. The fraction of sp³-hybridized carbons (Fsp3) is 0.143. The van der Waals surface area contributed by atoms with Crippen molar-refractivity contribution in [3.63, 3.8) is 0 Å². The summed E-state index contributed by atoms with van der Waals surface area (Å²) < 4.78 is 43.0. The number of methoxy groups -OCH3 is 1. The first-order valence-electron chi connectivity index (χ1n) is 6.29. The molecule has 2 heterocycles. The monoisotopic (exact) mass is 358 g/mol. The molecule has 0 aliphatic rings. The Morgan fingerprint density at radius 3 is 2.42 bits per heavy atom. The molecule has 2 aromatic heterocycles. The van der Waals surface area contributed by atoms with Gasteiger partial charge in [0.2, 0.25) is 0 Å². The van der Waals surface area contributed by atoms with Gasteiger partial charge in [-0.3, -0.25) is 19.9 Å². The molecule has 0 aliphatic carbocycles. The van der Waals surface area contributed by atoms with Crippen LogP contribution in [0.1, 0.15) is 35.3 Å². The maximum absolute atomic E-state index is 12.9. The molecule has 6 nitrogen and oxygen atoms in total. The van der Waals surface area contributed by atoms with Crippen LogP contribution < -0.4 is 5.32 Å². The molecule has 126 valence electrons. The number of hydrogen-bond acceptors (Lipinski definition) is 6. The Morgan fingerprint density at radius 2 is 1.79 bits per heavy atom. The molecule has 0 aliphatic heterocycles. The van der Waals surface area contributed by atoms with Gasteiger partial charge in [-0.1, -0.05) is 0 Å². The average molecular weight is 358 g/mol. The Bertz CT molecular complexity index is 801. The molecule has 2 amide bonds. The van der Waals surface area contributed by atoms with Crippen LogP contribution in [0.2, 0.25) is 0 Å². The van der Waals surface area contributed by atoms with E-state index in [1.807, 2.05) is 5.32 Å². The molecule has 10 heteroatoms. The minimum Gasteiger partial charge on any atom is -0.465 e. The second-order valence-electron chi connectivity index (χ2n) is 4.36. The average Bonchev–Trinajstić information content (AvgIpc) is 3.03. The number of thiophene rings is 1. The van der Waals surface area contributed by atoms with Gasteiger partial charge in [-0.2, -0.15) is 13.2 Å². The normalized spacial score (nSPS) is 11.0. The van der Waals surface area contributed by atoms with Crippen molar-refractivity contribution < 1.29 is 32.3 Å². The minimum absolute atomic E-state index is 0.0267. The van der Waals surface area contributed by atoms with Crippen LogP contribution >= 0.6 is 11.3 Å². The number of halogens is 3. The summed E-state index contributed by atoms with van der Waals surface area (Å²) in [5.41, 5.74) is -1.98. The van der Waals surface area contributed by atoms with Crippen LogP contribution in [0.3, 0.4) is 0 Å². The summed E-state index contributed by atoms with van der Waals surface area (Å²) in [6.45, 7) is 0. The lowest BCUT2D eigenvalue weighted by Gasteiger charge is -2.11. The number of hydrogen-bond donors (Lipinski definition) is 1. The Balaban J connectivity index is 2.20. The molecule has 0 aromatic carbocycles. The van der Waals surface area contributed by atoms with E-state index >= 15 is 0 Å². The van der Waals surface area contributed by atoms with Crippen molar-refractivity contribution in [2.75, 3.05) is 7.11 Å². The van der Waals surface area contributed by atoms with Crippen LogP contribution in [0, 0.1) is 0 Å². The van der Waals surface area contributed by atoms with Gasteiger partial charge < -0.3 is 4.74 Å². The summed E-state index contributed by atoms with van der Waals surface area (Å²) in [5.74, 6) is -2.84. The zero-order valence-corrected chi connectivity index (χ0v) is 12.8. The van der Waals surface area contributed by atoms with Gasteiger partial charge in [0.1, 0.15) is 4.88 Å². The SMILES string of the molecule is COC(=O)c1ccc(C(=O)NC(=O)c2cnccc2C(F)(F)F)s1. The van der Waals surface area contributed by atoms with Crippen LogP contribution in [-0.4, -0.2) is 29.9 Å². The van der Waals surface area contributed by atoms with Crippen molar-refractivity contribution >= 4 is 29.1 Å². The van der Waals surface area contributed by atoms with Gasteiger partial charge in [0.05, 0.1) is 23.1 Å². The van der Waals surface area contributed by atoms with Crippen molar-refractivity contribution in [3.05, 3.63) is 51.5 Å². The summed E-state index contributed by atoms with van der Waals surface area (Å²) in [6, 6.07) is 3.20. The lowest BCUT2D eigenvalue weighted by Crippen LogP contribution is -2.31. The zero-order chi connectivity index (χ0) is 17.9. The summed E-state index contributed by atoms with van der Waals surface area (Å²) in [4.78, 5) is 38.7. The second-order valence-corrected chi connectivity index (χ2v) is 5.44. The smallest absolute Gasteiger partial charge is 0.417 e. The van der Waals surface area contributed by atoms with Crippen LogP contribution in [0.25, 0.3) is 0 Å². The van der Waals surface area contributed by atoms with Crippen molar-refractivity contribution in [1.29, 1.82) is 0 Å². The highest BCUT2D eigenvalue weighted by Crippen LogP contribution is 2.31. The highest BCUT2D eigenvalue weighted by atomic mass is 32.1. The van der Waals surface area contributed by atoms with Crippen LogP contribution in [-0.2, 0) is 10.9 Å². The number of alkyl halides is 3. The van der Waals surface area contributed by atoms with Gasteiger partial charge in [0.25, 0.3) is 11.8 Å². The minimum atomic E-state index is -4.76. The molecule has 0 radical (unpaired) electrons. The number of aromatic nitrogens is 1. The predicted octanol–water partition coefficient (Wildman–Crippen LogP) is 2.52. The number of pyridine rings is 1. The van der Waals surface area contributed by atoms with E-state index in [-0.39, 0.29) is 9.75 Å². The van der Waals surface area contributed by atoms with E-state index in [1.165, 1.54) is 12.1 Å². The third-order valence-electron chi connectivity index (χ3n) is 2.81. The third-order valence-corrected chi connectivity index (χ3v) is 3.88. The van der Waals surface area contributed by atoms with E-state index in [2.05, 4.69) is 9.72 Å². The summed E-state index contributed by atoms with van der Waals surface area (Å²) in [7, 11) is 1.16. The largest absolute Gasteiger partial charge is 0.465 e. The number of rotatable bonds is 3. The lowest BCUT2D eigenvalue weighted by atomic mass is 10.1. The van der Waals surface area contributed by atoms with E-state index in [4.69, 9.17) is 0 Å². The number of esters is 1. The Kier molecular flexibility index (Phi) is 4.98. The number of nitrogens with zero attached hydrogens (tertiary/aromatic N) is 1. The van der Waals surface area contributed by atoms with Crippen LogP contribution in [0.15, 0.2) is 30.6 Å². The summed E-state index contributed by atoms with van der Waals surface area (Å²) in [5, 5.41) is 1.84. The molecule has 2 aromatic rings. The number of carbonyl (C=O) groups is 3. The first kappa shape index (κ1) is 17.6. The number of nitrogens with one attached hydrogen (secondary N) is 1. The fourth-order valence-corrected chi connectivity index (χ4v) is 2.54. The van der Waals surface area contributed by atoms with Crippen molar-refractivity contribution in [3.8, 4) is 0 Å². The summed E-state index contributed by atoms with van der Waals surface area (Å²) in [6.07, 6.45) is -3.15. The molecule has 0 fully saturated rings. The standard InChI is InChI=1S/C14H9F3N2O4S/c1-23-13(22)10-3-2-9(24-10)12(21)19-11(20)7-6-18-5-4-8(7)14(15,16)17/h2-6H,1H3,(H,19,20,21). The van der Waals surface area contributed by atoms with Crippen molar-refractivity contribution in [1.82, 2.24) is 10.3 Å². The quantitative estimate of drug-likeness (QED) is 0.673. The molecular formula is C14H9F3N2O4S. The number of imide groups is 1. The molecule has 1 N–H and O–H groups in total. The zero-order valence-electron chi connectivity index (χ0n) is 12.0. The van der Waals surface area contributed by atoms with Gasteiger partial charge in [-0.25, -0.2) is 4.79 Å². The number of amides is 2. The Labute approximate surface area is 137 Å². The molecule has 24 heavy (non-hydrogen) atoms. The van der Waals surface area contributed by atoms with Gasteiger partial charge in [-0.05, 0) is 18.2 Å². The topological polar surface area (TPSA) is 85.4 Å². The maximum Gasteiger partial charge on any atom is 0.417 e. The van der Waals surface area contributed by atoms with Crippen molar-refractivity contribution in [2.24, 2.45) is 0 Å². The fourth-order valence-electron chi connectivity index (χ4n) is 1.72. The molecule has 0 spiro atoms. The summed E-state index contributed by atoms with van der Waals surface area (Å²) >= 11 is 0.744. The van der Waals surface area contributed by atoms with Crippen molar-refractivity contribution in [2.45, 2.75) is 6.18 Å². The van der Waals surface area contributed by atoms with Gasteiger partial charge in [0, 0.05) is 12.4 Å². The van der Waals surface area contributed by atoms with Gasteiger partial charge in [0.15, 0.2) is 0 Å². The van der Waals surface area contributed by atoms with Gasteiger partial charge in [-0.15, -0.1) is 11.3 Å². The highest BCUT2D eigenvalue weighted by molar-refractivity contribution is 7.15. The first-order chi connectivity index (χ1) is 11.2.